The quantitative estimate of drug-likeness (QED) is 0.378. The fraction of sp³-hybridized carbons (Fsp3) is 0.533. The van der Waals surface area contributed by atoms with Crippen molar-refractivity contribution in [2.24, 2.45) is 4.99 Å². The summed E-state index contributed by atoms with van der Waals surface area (Å²) in [5, 5.41) is 6.36. The van der Waals surface area contributed by atoms with Crippen LogP contribution in [-0.4, -0.2) is 40.3 Å². The monoisotopic (exact) mass is 326 g/mol. The van der Waals surface area contributed by atoms with E-state index in [0.29, 0.717) is 26.1 Å². The summed E-state index contributed by atoms with van der Waals surface area (Å²) in [6.07, 6.45) is 1.86. The van der Waals surface area contributed by atoms with Crippen molar-refractivity contribution in [3.8, 4) is 0 Å². The van der Waals surface area contributed by atoms with Crippen LogP contribution in [0.4, 0.5) is 0 Å². The van der Waals surface area contributed by atoms with Crippen molar-refractivity contribution < 1.29 is 8.42 Å². The molecule has 0 fully saturated rings. The summed E-state index contributed by atoms with van der Waals surface area (Å²) in [4.78, 5) is 4.52. The van der Waals surface area contributed by atoms with Crippen LogP contribution in [0, 0.1) is 6.92 Å². The van der Waals surface area contributed by atoms with Gasteiger partial charge in [-0.05, 0) is 25.8 Å². The van der Waals surface area contributed by atoms with E-state index in [1.54, 1.807) is 0 Å². The van der Waals surface area contributed by atoms with Crippen LogP contribution in [0.3, 0.4) is 0 Å². The number of guanidine groups is 1. The lowest BCUT2D eigenvalue weighted by atomic mass is 10.1. The predicted molar refractivity (Wildman–Crippen MR) is 91.5 cm³/mol. The Kier molecular flexibility index (Phi) is 7.90. The molecular formula is C15H26N4O2S. The Labute approximate surface area is 133 Å². The fourth-order valence-corrected chi connectivity index (χ4v) is 2.27. The molecule has 0 aliphatic heterocycles. The zero-order valence-corrected chi connectivity index (χ0v) is 14.3. The molecule has 0 atom stereocenters. The molecule has 1 rings (SSSR count). The number of aryl methyl sites for hydroxylation is 1. The van der Waals surface area contributed by atoms with Crippen LogP contribution in [0.1, 0.15) is 24.5 Å². The number of sulfonamides is 1. The number of rotatable bonds is 8. The molecule has 0 aromatic heterocycles. The topological polar surface area (TPSA) is 82.6 Å². The third kappa shape index (κ3) is 8.63. The largest absolute Gasteiger partial charge is 0.357 e. The van der Waals surface area contributed by atoms with Gasteiger partial charge in [-0.2, -0.15) is 0 Å². The van der Waals surface area contributed by atoms with Gasteiger partial charge in [0, 0.05) is 19.6 Å². The molecule has 0 aliphatic carbocycles. The van der Waals surface area contributed by atoms with Crippen LogP contribution >= 0.6 is 0 Å². The highest BCUT2D eigenvalue weighted by Crippen LogP contribution is 2.04. The Morgan fingerprint density at radius 3 is 2.41 bits per heavy atom. The van der Waals surface area contributed by atoms with Gasteiger partial charge in [-0.15, -0.1) is 0 Å². The zero-order chi connectivity index (χ0) is 16.4. The van der Waals surface area contributed by atoms with Crippen LogP contribution in [0.5, 0.6) is 0 Å². The smallest absolute Gasteiger partial charge is 0.208 e. The molecule has 0 heterocycles. The number of nitrogens with zero attached hydrogens (tertiary/aromatic N) is 1. The summed E-state index contributed by atoms with van der Waals surface area (Å²) in [7, 11) is -3.11. The van der Waals surface area contributed by atoms with Gasteiger partial charge in [-0.1, -0.05) is 29.8 Å². The van der Waals surface area contributed by atoms with Crippen LogP contribution in [-0.2, 0) is 16.6 Å². The summed E-state index contributed by atoms with van der Waals surface area (Å²) >= 11 is 0. The molecular weight excluding hydrogens is 300 g/mol. The molecule has 22 heavy (non-hydrogen) atoms. The maximum absolute atomic E-state index is 10.9. The van der Waals surface area contributed by atoms with Crippen molar-refractivity contribution in [2.75, 3.05) is 25.9 Å². The first kappa shape index (κ1) is 18.4. The second-order valence-electron chi connectivity index (χ2n) is 5.13. The van der Waals surface area contributed by atoms with E-state index in [4.69, 9.17) is 0 Å². The van der Waals surface area contributed by atoms with Crippen molar-refractivity contribution in [3.05, 3.63) is 35.4 Å². The van der Waals surface area contributed by atoms with Crippen molar-refractivity contribution in [3.63, 3.8) is 0 Å². The SMILES string of the molecule is CCNC(=NCc1ccc(C)cc1)NCCCNS(C)(=O)=O. The maximum Gasteiger partial charge on any atom is 0.208 e. The molecule has 0 radical (unpaired) electrons. The normalized spacial score (nSPS) is 12.2. The summed E-state index contributed by atoms with van der Waals surface area (Å²) < 4.78 is 24.4. The molecule has 0 saturated carbocycles. The van der Waals surface area contributed by atoms with Gasteiger partial charge < -0.3 is 10.6 Å². The van der Waals surface area contributed by atoms with Gasteiger partial charge in [0.2, 0.25) is 10.0 Å². The first-order valence-corrected chi connectivity index (χ1v) is 9.32. The molecule has 7 heteroatoms. The van der Waals surface area contributed by atoms with Crippen molar-refractivity contribution >= 4 is 16.0 Å². The number of hydrogen-bond acceptors (Lipinski definition) is 3. The standard InChI is InChI=1S/C15H26N4O2S/c1-4-16-15(17-10-5-11-19-22(3,20)21)18-12-14-8-6-13(2)7-9-14/h6-9,19H,4-5,10-12H2,1-3H3,(H2,16,17,18). The maximum atomic E-state index is 10.9. The molecule has 0 unspecified atom stereocenters. The van der Waals surface area contributed by atoms with Gasteiger partial charge in [-0.3, -0.25) is 0 Å². The molecule has 0 spiro atoms. The third-order valence-corrected chi connectivity index (χ3v) is 3.62. The average molecular weight is 326 g/mol. The van der Waals surface area contributed by atoms with Gasteiger partial charge in [0.1, 0.15) is 0 Å². The summed E-state index contributed by atoms with van der Waals surface area (Å²) in [5.41, 5.74) is 2.39. The Morgan fingerprint density at radius 2 is 1.82 bits per heavy atom. The van der Waals surface area contributed by atoms with Crippen LogP contribution in [0.15, 0.2) is 29.3 Å². The van der Waals surface area contributed by atoms with Gasteiger partial charge in [0.05, 0.1) is 12.8 Å². The van der Waals surface area contributed by atoms with Gasteiger partial charge in [-0.25, -0.2) is 18.1 Å². The van der Waals surface area contributed by atoms with Gasteiger partial charge in [0.25, 0.3) is 0 Å². The predicted octanol–water partition coefficient (Wildman–Crippen LogP) is 0.989. The molecule has 0 saturated heterocycles. The molecule has 124 valence electrons. The Bertz CT molecular complexity index is 568. The van der Waals surface area contributed by atoms with E-state index in [9.17, 15) is 8.42 Å². The highest BCUT2D eigenvalue weighted by molar-refractivity contribution is 7.88. The van der Waals surface area contributed by atoms with Crippen LogP contribution in [0.2, 0.25) is 0 Å². The highest BCUT2D eigenvalue weighted by Gasteiger charge is 2.00. The van der Waals surface area contributed by atoms with E-state index >= 15 is 0 Å². The molecule has 1 aromatic rings. The van der Waals surface area contributed by atoms with E-state index in [-0.39, 0.29) is 0 Å². The van der Waals surface area contributed by atoms with Crippen LogP contribution in [0.25, 0.3) is 0 Å². The van der Waals surface area contributed by atoms with E-state index in [1.807, 2.05) is 6.92 Å². The fourth-order valence-electron chi connectivity index (χ4n) is 1.76. The lowest BCUT2D eigenvalue weighted by Crippen LogP contribution is -2.38. The number of benzene rings is 1. The second-order valence-corrected chi connectivity index (χ2v) is 6.96. The van der Waals surface area contributed by atoms with Gasteiger partial charge >= 0.3 is 0 Å². The minimum atomic E-state index is -3.11. The zero-order valence-electron chi connectivity index (χ0n) is 13.5. The Morgan fingerprint density at radius 1 is 1.14 bits per heavy atom. The van der Waals surface area contributed by atoms with E-state index in [2.05, 4.69) is 51.5 Å². The molecule has 6 nitrogen and oxygen atoms in total. The highest BCUT2D eigenvalue weighted by atomic mass is 32.2. The number of nitrogens with one attached hydrogen (secondary N) is 3. The molecule has 0 amide bonds. The van der Waals surface area contributed by atoms with Crippen molar-refractivity contribution in [1.82, 2.24) is 15.4 Å². The van der Waals surface area contributed by atoms with E-state index in [1.165, 1.54) is 5.56 Å². The minimum absolute atomic E-state index is 0.420. The third-order valence-electron chi connectivity index (χ3n) is 2.89. The van der Waals surface area contributed by atoms with Crippen molar-refractivity contribution in [2.45, 2.75) is 26.8 Å². The Balaban J connectivity index is 2.40. The average Bonchev–Trinajstić information content (AvgIpc) is 2.44. The van der Waals surface area contributed by atoms with Crippen molar-refractivity contribution in [1.29, 1.82) is 0 Å². The lowest BCUT2D eigenvalue weighted by Gasteiger charge is -2.11. The molecule has 1 aromatic carbocycles. The van der Waals surface area contributed by atoms with Crippen LogP contribution < -0.4 is 15.4 Å². The summed E-state index contributed by atoms with van der Waals surface area (Å²) in [6, 6.07) is 8.28. The summed E-state index contributed by atoms with van der Waals surface area (Å²) in [5.74, 6) is 0.738. The minimum Gasteiger partial charge on any atom is -0.357 e. The number of hydrogen-bond donors (Lipinski definition) is 3. The first-order valence-electron chi connectivity index (χ1n) is 7.43. The second kappa shape index (κ2) is 9.42. The Hall–Kier alpha value is -1.60. The summed E-state index contributed by atoms with van der Waals surface area (Å²) in [6.45, 7) is 6.53. The van der Waals surface area contributed by atoms with E-state index < -0.39 is 10.0 Å². The van der Waals surface area contributed by atoms with E-state index in [0.717, 1.165) is 24.3 Å². The van der Waals surface area contributed by atoms with Gasteiger partial charge in [0.15, 0.2) is 5.96 Å². The lowest BCUT2D eigenvalue weighted by molar-refractivity contribution is 0.584. The first-order chi connectivity index (χ1) is 10.4. The molecule has 0 bridgehead atoms. The molecule has 3 N–H and O–H groups in total. The molecule has 0 aliphatic rings. The number of aliphatic imine (C=N–C) groups is 1.